The number of carboxylic acids is 2. The fourth-order valence-corrected chi connectivity index (χ4v) is 0.349. The highest BCUT2D eigenvalue weighted by molar-refractivity contribution is 5.66. The largest absolute Gasteiger partial charge is 0.481 e. The van der Waals surface area contributed by atoms with Crippen LogP contribution in [0, 0.1) is 5.92 Å². The van der Waals surface area contributed by atoms with Crippen LogP contribution in [-0.2, 0) is 9.59 Å². The number of carbonyl (C=O) groups is 2. The molecule has 0 rings (SSSR count). The summed E-state index contributed by atoms with van der Waals surface area (Å²) in [6.07, 6.45) is 0.500. The van der Waals surface area contributed by atoms with Crippen molar-refractivity contribution in [3.63, 3.8) is 0 Å². The minimum absolute atomic E-state index is 0.222. The Bertz CT molecular complexity index is 140. The highest BCUT2D eigenvalue weighted by Crippen LogP contribution is 1.96. The minimum atomic E-state index is -0.745. The van der Waals surface area contributed by atoms with Crippen molar-refractivity contribution in [1.82, 2.24) is 0 Å². The van der Waals surface area contributed by atoms with Gasteiger partial charge in [-0.3, -0.25) is 9.59 Å². The second kappa shape index (κ2) is 8.04. The Morgan fingerprint density at radius 2 is 1.50 bits per heavy atom. The summed E-state index contributed by atoms with van der Waals surface area (Å²) in [5, 5.41) is 15.8. The van der Waals surface area contributed by atoms with Crippen molar-refractivity contribution in [1.29, 1.82) is 0 Å². The van der Waals surface area contributed by atoms with Crippen molar-refractivity contribution in [2.24, 2.45) is 5.92 Å². The van der Waals surface area contributed by atoms with Crippen LogP contribution in [0.5, 0.6) is 0 Å². The van der Waals surface area contributed by atoms with E-state index in [0.717, 1.165) is 0 Å². The Morgan fingerprint density at radius 3 is 1.50 bits per heavy atom. The molecule has 0 aliphatic rings. The van der Waals surface area contributed by atoms with Crippen LogP contribution in [0.15, 0.2) is 0 Å². The van der Waals surface area contributed by atoms with Crippen molar-refractivity contribution in [2.75, 3.05) is 0 Å². The molecule has 0 radical (unpaired) electrons. The molecule has 0 aliphatic carbocycles. The van der Waals surface area contributed by atoms with Gasteiger partial charge in [-0.15, -0.1) is 0 Å². The van der Waals surface area contributed by atoms with Crippen LogP contribution in [0.2, 0.25) is 0 Å². The Balaban J connectivity index is 0. The molecule has 4 nitrogen and oxygen atoms in total. The van der Waals surface area contributed by atoms with Gasteiger partial charge in [0.2, 0.25) is 0 Å². The van der Waals surface area contributed by atoms with Gasteiger partial charge in [0.05, 0.1) is 0 Å². The Hall–Kier alpha value is -1.06. The van der Waals surface area contributed by atoms with Gasteiger partial charge in [-0.05, 0) is 5.92 Å². The zero-order chi connectivity index (χ0) is 10.1. The van der Waals surface area contributed by atoms with Crippen molar-refractivity contribution in [3.8, 4) is 0 Å². The lowest BCUT2D eigenvalue weighted by molar-refractivity contribution is -0.138. The van der Waals surface area contributed by atoms with Gasteiger partial charge in [-0.2, -0.15) is 0 Å². The molecule has 4 heteroatoms. The molecule has 0 heterocycles. The predicted octanol–water partition coefficient (Wildman–Crippen LogP) is 1.60. The lowest BCUT2D eigenvalue weighted by Gasteiger charge is -1.94. The fourth-order valence-electron chi connectivity index (χ4n) is 0.349. The number of carboxylic acid groups (broad SMARTS) is 2. The van der Waals surface area contributed by atoms with E-state index in [0.29, 0.717) is 0 Å². The highest BCUT2D eigenvalue weighted by Gasteiger charge is 1.98. The first-order chi connectivity index (χ1) is 5.40. The maximum atomic E-state index is 9.81. The van der Waals surface area contributed by atoms with E-state index in [-0.39, 0.29) is 18.8 Å². The van der Waals surface area contributed by atoms with Crippen LogP contribution in [0.3, 0.4) is 0 Å². The van der Waals surface area contributed by atoms with E-state index in [2.05, 4.69) is 0 Å². The van der Waals surface area contributed by atoms with Crippen molar-refractivity contribution in [2.45, 2.75) is 33.6 Å². The van der Waals surface area contributed by atoms with Crippen LogP contribution in [0.4, 0.5) is 0 Å². The maximum absolute atomic E-state index is 9.81. The quantitative estimate of drug-likeness (QED) is 0.684. The molecule has 72 valence electrons. The molecule has 0 fully saturated rings. The number of hydrogen-bond acceptors (Lipinski definition) is 2. The lowest BCUT2D eigenvalue weighted by Crippen LogP contribution is -1.99. The first kappa shape index (κ1) is 13.5. The number of aliphatic carboxylic acids is 2. The van der Waals surface area contributed by atoms with Gasteiger partial charge in [0.25, 0.3) is 0 Å². The third-order valence-electron chi connectivity index (χ3n) is 0.885. The van der Waals surface area contributed by atoms with Crippen molar-refractivity contribution in [3.05, 3.63) is 0 Å². The summed E-state index contributed by atoms with van der Waals surface area (Å²) in [7, 11) is 0. The lowest BCUT2D eigenvalue weighted by atomic mass is 10.1. The summed E-state index contributed by atoms with van der Waals surface area (Å²) in [6.45, 7) is 5.37. The standard InChI is InChI=1S/C5H10O2.C3H6O2/c1-4(2)3-5(6)7;1-2-3(4)5/h4H,3H2,1-2H3,(H,6,7);2H2,1H3,(H,4,5). The van der Waals surface area contributed by atoms with Gasteiger partial charge >= 0.3 is 11.9 Å². The van der Waals surface area contributed by atoms with E-state index < -0.39 is 11.9 Å². The van der Waals surface area contributed by atoms with E-state index in [4.69, 9.17) is 10.2 Å². The van der Waals surface area contributed by atoms with Crippen molar-refractivity contribution >= 4 is 11.9 Å². The summed E-state index contributed by atoms with van der Waals surface area (Å²) in [5.74, 6) is -1.18. The minimum Gasteiger partial charge on any atom is -0.481 e. The molecule has 0 aromatic rings. The smallest absolute Gasteiger partial charge is 0.303 e. The number of rotatable bonds is 3. The second-order valence-electron chi connectivity index (χ2n) is 2.74. The van der Waals surface area contributed by atoms with Crippen LogP contribution in [-0.4, -0.2) is 22.2 Å². The first-order valence-electron chi connectivity index (χ1n) is 3.83. The van der Waals surface area contributed by atoms with E-state index in [1.165, 1.54) is 0 Å². The monoisotopic (exact) mass is 176 g/mol. The average molecular weight is 176 g/mol. The van der Waals surface area contributed by atoms with E-state index in [1.807, 2.05) is 13.8 Å². The highest BCUT2D eigenvalue weighted by atomic mass is 16.4. The zero-order valence-corrected chi connectivity index (χ0v) is 7.70. The SMILES string of the molecule is CC(C)CC(=O)O.CCC(=O)O. The van der Waals surface area contributed by atoms with E-state index in [9.17, 15) is 9.59 Å². The molecule has 0 amide bonds. The molecule has 0 bridgehead atoms. The van der Waals surface area contributed by atoms with Crippen LogP contribution in [0.25, 0.3) is 0 Å². The normalized spacial score (nSPS) is 8.67. The fraction of sp³-hybridized carbons (Fsp3) is 0.750. The van der Waals surface area contributed by atoms with Gasteiger partial charge in [0.15, 0.2) is 0 Å². The predicted molar refractivity (Wildman–Crippen MR) is 45.0 cm³/mol. The molecule has 0 aliphatic heterocycles. The summed E-state index contributed by atoms with van der Waals surface area (Å²) in [6, 6.07) is 0. The van der Waals surface area contributed by atoms with Gasteiger partial charge < -0.3 is 10.2 Å². The Labute approximate surface area is 72.2 Å². The molecular formula is C8H16O4. The third kappa shape index (κ3) is 23.1. The molecule has 2 N–H and O–H groups in total. The molecule has 0 unspecified atom stereocenters. The van der Waals surface area contributed by atoms with E-state index in [1.54, 1.807) is 6.92 Å². The molecule has 0 saturated carbocycles. The Morgan fingerprint density at radius 1 is 1.17 bits per heavy atom. The van der Waals surface area contributed by atoms with Gasteiger partial charge in [-0.1, -0.05) is 20.8 Å². The number of hydrogen-bond donors (Lipinski definition) is 2. The van der Waals surface area contributed by atoms with Gasteiger partial charge in [0, 0.05) is 12.8 Å². The molecule has 0 spiro atoms. The van der Waals surface area contributed by atoms with Gasteiger partial charge in [-0.25, -0.2) is 0 Å². The van der Waals surface area contributed by atoms with Crippen LogP contribution in [0.1, 0.15) is 33.6 Å². The third-order valence-corrected chi connectivity index (χ3v) is 0.885. The molecule has 0 aromatic heterocycles. The molecule has 0 atom stereocenters. The van der Waals surface area contributed by atoms with E-state index >= 15 is 0 Å². The summed E-state index contributed by atoms with van der Waals surface area (Å²) in [5.41, 5.74) is 0. The molecule has 12 heavy (non-hydrogen) atoms. The molecule has 0 aromatic carbocycles. The zero-order valence-electron chi connectivity index (χ0n) is 7.70. The topological polar surface area (TPSA) is 74.6 Å². The van der Waals surface area contributed by atoms with Crippen LogP contribution < -0.4 is 0 Å². The molecule has 0 saturated heterocycles. The molecular weight excluding hydrogens is 160 g/mol. The second-order valence-corrected chi connectivity index (χ2v) is 2.74. The Kier molecular flexibility index (Phi) is 9.06. The summed E-state index contributed by atoms with van der Waals surface area (Å²) < 4.78 is 0. The van der Waals surface area contributed by atoms with Crippen LogP contribution >= 0.6 is 0 Å². The maximum Gasteiger partial charge on any atom is 0.303 e. The van der Waals surface area contributed by atoms with Crippen molar-refractivity contribution < 1.29 is 19.8 Å². The average Bonchev–Trinajstić information content (AvgIpc) is 1.85. The summed E-state index contributed by atoms with van der Waals surface area (Å²) in [4.78, 5) is 19.2. The van der Waals surface area contributed by atoms with Gasteiger partial charge in [0.1, 0.15) is 0 Å². The first-order valence-corrected chi connectivity index (χ1v) is 3.83. The summed E-state index contributed by atoms with van der Waals surface area (Å²) >= 11 is 0.